The predicted octanol–water partition coefficient (Wildman–Crippen LogP) is 4.16. The summed E-state index contributed by atoms with van der Waals surface area (Å²) < 4.78 is 13.3. The molecule has 4 N–H and O–H groups in total. The summed E-state index contributed by atoms with van der Waals surface area (Å²) in [5, 5.41) is 20.4. The van der Waals surface area contributed by atoms with Gasteiger partial charge in [0.2, 0.25) is 18.1 Å². The van der Waals surface area contributed by atoms with Crippen molar-refractivity contribution in [3.05, 3.63) is 46.0 Å². The van der Waals surface area contributed by atoms with Gasteiger partial charge in [0.25, 0.3) is 0 Å². The molecule has 3 aliphatic carbocycles. The minimum absolute atomic E-state index is 0.00589. The van der Waals surface area contributed by atoms with Crippen molar-refractivity contribution in [3.63, 3.8) is 0 Å². The number of hydrogen-bond acceptors (Lipinski definition) is 9. The van der Waals surface area contributed by atoms with E-state index in [0.29, 0.717) is 50.5 Å². The maximum atomic E-state index is 13.9. The molecule has 3 saturated carbocycles. The molecule has 2 amide bonds. The number of carbonyl (C=O) groups excluding carboxylic acids is 3. The van der Waals surface area contributed by atoms with Gasteiger partial charge in [-0.3, -0.25) is 19.7 Å². The normalized spacial score (nSPS) is 27.6. The van der Waals surface area contributed by atoms with E-state index in [4.69, 9.17) is 9.31 Å². The van der Waals surface area contributed by atoms with Crippen molar-refractivity contribution < 1.29 is 28.7 Å². The first kappa shape index (κ1) is 37.2. The Morgan fingerprint density at radius 2 is 1.76 bits per heavy atom. The number of nitrogens with one attached hydrogen (secondary N) is 4. The van der Waals surface area contributed by atoms with Crippen LogP contribution in [0.25, 0.3) is 0 Å². The largest absolute Gasteiger partial charge is 0.481 e. The highest BCUT2D eigenvalue weighted by atomic mass is 16.7. The van der Waals surface area contributed by atoms with Gasteiger partial charge < -0.3 is 19.9 Å². The lowest BCUT2D eigenvalue weighted by molar-refractivity contribution is -0.627. The molecule has 1 aromatic carbocycles. The second kappa shape index (κ2) is 15.9. The standard InChI is InChI=1S/C35H55BN6O7/c1-23(2)20-30(36-48-29-22-25-21-28(34(25,3)4)35(29,5)49-36)39-32(45)26(16-13-19-37-33-40-41(33)42(46)47)38-31(44)18-12-7-6-11-17-27(43)24-14-9-8-10-15-24/h8-10,14-15,23,25-26,28-30,33,37,40H,6-7,11-13,16-22H2,1-5H3,(H,38,44)(H,39,45)/t25-,26-,28-,29+,30-,33?,35-,41?/m0/s1. The van der Waals surface area contributed by atoms with Gasteiger partial charge in [0, 0.05) is 18.4 Å². The van der Waals surface area contributed by atoms with Crippen LogP contribution in [0.15, 0.2) is 30.3 Å². The Labute approximate surface area is 290 Å². The number of nitro groups is 1. The SMILES string of the molecule is CC(C)C[C@H](NC(=O)[C@H](CCCNC1NN1[N+](=O)[O-])NC(=O)CCCCCCC(=O)c1ccccc1)B1O[C@@H]2C[C@@H]3C[C@@H](C3(C)C)[C@]2(C)O1. The number of hydrogen-bond donors (Lipinski definition) is 4. The van der Waals surface area contributed by atoms with Crippen LogP contribution >= 0.6 is 0 Å². The van der Waals surface area contributed by atoms with Crippen LogP contribution in [0, 0.1) is 33.3 Å². The lowest BCUT2D eigenvalue weighted by atomic mass is 9.43. The molecule has 2 saturated heterocycles. The highest BCUT2D eigenvalue weighted by Crippen LogP contribution is 2.65. The molecule has 5 fully saturated rings. The van der Waals surface area contributed by atoms with E-state index in [1.807, 2.05) is 30.3 Å². The number of carbonyl (C=O) groups is 3. The summed E-state index contributed by atoms with van der Waals surface area (Å²) in [6, 6.07) is 8.48. The number of unbranched alkanes of at least 4 members (excludes halogenated alkanes) is 3. The van der Waals surface area contributed by atoms with E-state index in [-0.39, 0.29) is 47.4 Å². The zero-order chi connectivity index (χ0) is 35.3. The number of hydrazine groups is 2. The van der Waals surface area contributed by atoms with Crippen LogP contribution in [0.2, 0.25) is 0 Å². The fourth-order valence-electron chi connectivity index (χ4n) is 8.24. The molecular formula is C35H55BN6O7. The summed E-state index contributed by atoms with van der Waals surface area (Å²) in [7, 11) is -0.572. The number of nitrogens with zero attached hydrogens (tertiary/aromatic N) is 2. The quantitative estimate of drug-likeness (QED) is 0.0391. The first-order chi connectivity index (χ1) is 23.3. The molecule has 0 aromatic heterocycles. The average molecular weight is 683 g/mol. The molecule has 13 nitrogen and oxygen atoms in total. The number of rotatable bonds is 20. The second-order valence-electron chi connectivity index (χ2n) is 15.6. The van der Waals surface area contributed by atoms with E-state index in [1.165, 1.54) is 0 Å². The zero-order valence-electron chi connectivity index (χ0n) is 29.7. The van der Waals surface area contributed by atoms with Gasteiger partial charge in [0.05, 0.1) is 17.6 Å². The molecule has 49 heavy (non-hydrogen) atoms. The van der Waals surface area contributed by atoms with E-state index >= 15 is 0 Å². The Bertz CT molecular complexity index is 1330. The van der Waals surface area contributed by atoms with Gasteiger partial charge in [0.15, 0.2) is 10.8 Å². The third-order valence-corrected chi connectivity index (χ3v) is 11.3. The monoisotopic (exact) mass is 682 g/mol. The Morgan fingerprint density at radius 1 is 1.04 bits per heavy atom. The molecule has 5 aliphatic rings. The lowest BCUT2D eigenvalue weighted by Crippen LogP contribution is -2.65. The van der Waals surface area contributed by atoms with Crippen LogP contribution in [-0.2, 0) is 18.9 Å². The van der Waals surface area contributed by atoms with Crippen LogP contribution < -0.4 is 21.4 Å². The van der Waals surface area contributed by atoms with Crippen LogP contribution in [-0.4, -0.2) is 71.4 Å². The number of amides is 2. The van der Waals surface area contributed by atoms with Gasteiger partial charge >= 0.3 is 7.12 Å². The smallest absolute Gasteiger partial charge is 0.404 e. The van der Waals surface area contributed by atoms with Crippen LogP contribution in [0.1, 0.15) is 116 Å². The summed E-state index contributed by atoms with van der Waals surface area (Å²) in [5.41, 5.74) is 3.13. The molecule has 2 heterocycles. The summed E-state index contributed by atoms with van der Waals surface area (Å²) in [6.45, 7) is 11.4. The van der Waals surface area contributed by atoms with Crippen molar-refractivity contribution in [2.45, 2.75) is 135 Å². The molecule has 0 spiro atoms. The van der Waals surface area contributed by atoms with Crippen molar-refractivity contribution in [2.75, 3.05) is 6.54 Å². The van der Waals surface area contributed by atoms with Crippen molar-refractivity contribution in [1.82, 2.24) is 26.5 Å². The topological polar surface area (TPSA) is 174 Å². The third-order valence-electron chi connectivity index (χ3n) is 11.3. The molecule has 7 atom stereocenters. The highest BCUT2D eigenvalue weighted by Gasteiger charge is 2.68. The summed E-state index contributed by atoms with van der Waals surface area (Å²) in [6.07, 6.45) is 6.90. The van der Waals surface area contributed by atoms with Gasteiger partial charge in [-0.2, -0.15) is 0 Å². The van der Waals surface area contributed by atoms with Gasteiger partial charge in [0.1, 0.15) is 6.04 Å². The van der Waals surface area contributed by atoms with E-state index in [2.05, 4.69) is 56.0 Å². The van der Waals surface area contributed by atoms with E-state index in [9.17, 15) is 24.5 Å². The minimum atomic E-state index is -0.780. The van der Waals surface area contributed by atoms with Gasteiger partial charge in [-0.15, -0.1) is 5.43 Å². The first-order valence-electron chi connectivity index (χ1n) is 18.2. The minimum Gasteiger partial charge on any atom is -0.404 e. The molecule has 14 heteroatoms. The predicted molar refractivity (Wildman–Crippen MR) is 185 cm³/mol. The lowest BCUT2D eigenvalue weighted by Gasteiger charge is -2.64. The van der Waals surface area contributed by atoms with Crippen molar-refractivity contribution in [2.24, 2.45) is 23.2 Å². The molecule has 2 bridgehead atoms. The Kier molecular flexibility index (Phi) is 12.0. The Morgan fingerprint density at radius 3 is 2.41 bits per heavy atom. The number of Topliss-reactive ketones (excluding diaryl/α,β-unsaturated/α-hetero) is 1. The van der Waals surface area contributed by atoms with Gasteiger partial charge in [-0.05, 0) is 86.7 Å². The van der Waals surface area contributed by atoms with Crippen molar-refractivity contribution >= 4 is 24.7 Å². The molecule has 1 aromatic rings. The first-order valence-corrected chi connectivity index (χ1v) is 18.2. The van der Waals surface area contributed by atoms with Gasteiger partial charge in [-0.1, -0.05) is 70.9 Å². The van der Waals surface area contributed by atoms with Gasteiger partial charge in [-0.25, -0.2) is 10.1 Å². The zero-order valence-corrected chi connectivity index (χ0v) is 29.7. The number of ketones is 1. The molecule has 1 unspecified atom stereocenters. The van der Waals surface area contributed by atoms with Crippen LogP contribution in [0.4, 0.5) is 0 Å². The van der Waals surface area contributed by atoms with E-state index < -0.39 is 30.1 Å². The fraction of sp³-hybridized carbons (Fsp3) is 0.743. The fourth-order valence-corrected chi connectivity index (χ4v) is 8.24. The number of benzene rings is 1. The van der Waals surface area contributed by atoms with E-state index in [0.717, 1.165) is 42.8 Å². The summed E-state index contributed by atoms with van der Waals surface area (Å²) >= 11 is 0. The third kappa shape index (κ3) is 9.00. The summed E-state index contributed by atoms with van der Waals surface area (Å²) in [5.74, 6) is 0.551. The molecule has 6 rings (SSSR count). The molecule has 270 valence electrons. The maximum Gasteiger partial charge on any atom is 0.481 e. The molecular weight excluding hydrogens is 627 g/mol. The highest BCUT2D eigenvalue weighted by molar-refractivity contribution is 6.48. The Balaban J connectivity index is 1.13. The maximum absolute atomic E-state index is 13.9. The van der Waals surface area contributed by atoms with Crippen LogP contribution in [0.3, 0.4) is 0 Å². The Hall–Kier alpha value is -3.07. The second-order valence-corrected chi connectivity index (χ2v) is 15.6. The van der Waals surface area contributed by atoms with Crippen molar-refractivity contribution in [3.8, 4) is 0 Å². The summed E-state index contributed by atoms with van der Waals surface area (Å²) in [4.78, 5) is 50.2. The van der Waals surface area contributed by atoms with E-state index in [1.54, 1.807) is 0 Å². The molecule has 2 aliphatic heterocycles. The average Bonchev–Trinajstić information content (AvgIpc) is 3.75. The van der Waals surface area contributed by atoms with Crippen LogP contribution in [0.5, 0.6) is 0 Å². The molecule has 0 radical (unpaired) electrons. The van der Waals surface area contributed by atoms with Crippen molar-refractivity contribution in [1.29, 1.82) is 0 Å².